The Hall–Kier alpha value is -2.27. The van der Waals surface area contributed by atoms with Crippen molar-refractivity contribution in [3.05, 3.63) is 65.2 Å². The monoisotopic (exact) mass is 397 g/mol. The summed E-state index contributed by atoms with van der Waals surface area (Å²) in [5, 5.41) is 4.45. The molecule has 0 bridgehead atoms. The second-order valence-corrected chi connectivity index (χ2v) is 8.68. The second kappa shape index (κ2) is 8.39. The van der Waals surface area contributed by atoms with Gasteiger partial charge in [0.25, 0.3) is 5.91 Å². The van der Waals surface area contributed by atoms with E-state index in [1.54, 1.807) is 6.07 Å². The number of fused-ring (bicyclic) bond motifs is 1. The Bertz CT molecular complexity index is 991. The van der Waals surface area contributed by atoms with Crippen LogP contribution in [0.25, 0.3) is 11.0 Å². The van der Waals surface area contributed by atoms with E-state index < -0.39 is 0 Å². The minimum Gasteiger partial charge on any atom is -0.451 e. The predicted octanol–water partition coefficient (Wildman–Crippen LogP) is 6.70. The molecule has 1 aromatic heterocycles. The summed E-state index contributed by atoms with van der Waals surface area (Å²) < 4.78 is 19.5. The number of anilines is 1. The van der Waals surface area contributed by atoms with Crippen molar-refractivity contribution < 1.29 is 13.6 Å². The number of carbonyl (C=O) groups is 1. The number of nitrogens with one attached hydrogen (secondary N) is 1. The maximum atomic E-state index is 13.6. The van der Waals surface area contributed by atoms with Crippen molar-refractivity contribution in [1.82, 2.24) is 0 Å². The molecule has 1 N–H and O–H groups in total. The number of hydrogen-bond donors (Lipinski definition) is 1. The summed E-state index contributed by atoms with van der Waals surface area (Å²) in [6, 6.07) is 12.1. The third-order valence-electron chi connectivity index (χ3n) is 5.37. The molecule has 1 aliphatic rings. The lowest BCUT2D eigenvalue weighted by atomic mass is 10.0. The Morgan fingerprint density at radius 3 is 2.79 bits per heavy atom. The molecule has 1 amide bonds. The van der Waals surface area contributed by atoms with Gasteiger partial charge in [-0.25, -0.2) is 4.39 Å². The number of furan rings is 1. The molecule has 2 aromatic carbocycles. The molecule has 5 heteroatoms. The fraction of sp³-hybridized carbons (Fsp3) is 0.348. The van der Waals surface area contributed by atoms with Gasteiger partial charge in [0, 0.05) is 27.6 Å². The molecule has 146 valence electrons. The maximum Gasteiger partial charge on any atom is 0.291 e. The van der Waals surface area contributed by atoms with Gasteiger partial charge in [-0.3, -0.25) is 4.79 Å². The van der Waals surface area contributed by atoms with Gasteiger partial charge < -0.3 is 9.73 Å². The van der Waals surface area contributed by atoms with E-state index in [2.05, 4.69) is 5.32 Å². The summed E-state index contributed by atoms with van der Waals surface area (Å²) in [4.78, 5) is 13.0. The summed E-state index contributed by atoms with van der Waals surface area (Å²) in [6.07, 6.45) is 6.38. The van der Waals surface area contributed by atoms with Crippen molar-refractivity contribution >= 4 is 34.3 Å². The smallest absolute Gasteiger partial charge is 0.291 e. The van der Waals surface area contributed by atoms with Gasteiger partial charge in [-0.2, -0.15) is 11.8 Å². The summed E-state index contributed by atoms with van der Waals surface area (Å²) in [7, 11) is 0. The Kier molecular flexibility index (Phi) is 5.72. The van der Waals surface area contributed by atoms with E-state index in [4.69, 9.17) is 4.42 Å². The molecule has 3 aromatic rings. The lowest BCUT2D eigenvalue weighted by molar-refractivity contribution is 0.0997. The van der Waals surface area contributed by atoms with Crippen molar-refractivity contribution in [2.75, 3.05) is 5.32 Å². The molecule has 4 rings (SSSR count). The average Bonchev–Trinajstić information content (AvgIpc) is 3.09. The first-order valence-corrected chi connectivity index (χ1v) is 10.9. The summed E-state index contributed by atoms with van der Waals surface area (Å²) in [5.41, 5.74) is 2.92. The molecule has 28 heavy (non-hydrogen) atoms. The molecule has 0 saturated heterocycles. The van der Waals surface area contributed by atoms with Gasteiger partial charge in [0.05, 0.1) is 0 Å². The molecule has 1 heterocycles. The van der Waals surface area contributed by atoms with Gasteiger partial charge in [-0.1, -0.05) is 43.5 Å². The van der Waals surface area contributed by atoms with E-state index in [-0.39, 0.29) is 11.7 Å². The molecular formula is C23H24FNO2S. The van der Waals surface area contributed by atoms with Gasteiger partial charge in [0.1, 0.15) is 11.4 Å². The average molecular weight is 398 g/mol. The van der Waals surface area contributed by atoms with Crippen molar-refractivity contribution in [3.8, 4) is 0 Å². The number of carbonyl (C=O) groups excluding carboxylic acids is 1. The van der Waals surface area contributed by atoms with Crippen LogP contribution in [-0.4, -0.2) is 11.2 Å². The number of para-hydroxylation sites is 1. The van der Waals surface area contributed by atoms with Gasteiger partial charge in [0.15, 0.2) is 5.76 Å². The number of rotatable bonds is 5. The lowest BCUT2D eigenvalue weighted by Gasteiger charge is -2.20. The van der Waals surface area contributed by atoms with E-state index in [1.807, 2.05) is 43.0 Å². The van der Waals surface area contributed by atoms with Gasteiger partial charge in [-0.05, 0) is 43.5 Å². The van der Waals surface area contributed by atoms with Crippen molar-refractivity contribution in [2.24, 2.45) is 0 Å². The number of thioether (sulfide) groups is 1. The summed E-state index contributed by atoms with van der Waals surface area (Å²) >= 11 is 1.91. The van der Waals surface area contributed by atoms with E-state index in [9.17, 15) is 9.18 Å². The van der Waals surface area contributed by atoms with E-state index in [0.29, 0.717) is 22.3 Å². The van der Waals surface area contributed by atoms with Crippen molar-refractivity contribution in [2.45, 2.75) is 50.0 Å². The molecule has 0 unspecified atom stereocenters. The van der Waals surface area contributed by atoms with E-state index in [1.165, 1.54) is 44.2 Å². The van der Waals surface area contributed by atoms with Crippen molar-refractivity contribution in [3.63, 3.8) is 0 Å². The third-order valence-corrected chi connectivity index (χ3v) is 6.77. The largest absolute Gasteiger partial charge is 0.451 e. The molecule has 3 nitrogen and oxygen atoms in total. The number of amides is 1. The van der Waals surface area contributed by atoms with Crippen LogP contribution in [0, 0.1) is 12.7 Å². The maximum absolute atomic E-state index is 13.6. The van der Waals surface area contributed by atoms with Crippen molar-refractivity contribution in [1.29, 1.82) is 0 Å². The zero-order chi connectivity index (χ0) is 19.5. The highest BCUT2D eigenvalue weighted by Crippen LogP contribution is 2.35. The SMILES string of the molecule is Cc1ccc(F)cc1NC(=O)c1oc2ccccc2c1CSC1CCCCC1. The Morgan fingerprint density at radius 2 is 1.96 bits per heavy atom. The zero-order valence-electron chi connectivity index (χ0n) is 16.0. The first-order chi connectivity index (χ1) is 13.6. The Morgan fingerprint density at radius 1 is 1.18 bits per heavy atom. The fourth-order valence-electron chi connectivity index (χ4n) is 3.77. The molecule has 0 spiro atoms. The molecule has 0 aliphatic heterocycles. The van der Waals surface area contributed by atoms with Gasteiger partial charge in [0.2, 0.25) is 0 Å². The van der Waals surface area contributed by atoms with Crippen LogP contribution in [0.1, 0.15) is 53.8 Å². The molecule has 1 saturated carbocycles. The number of hydrogen-bond acceptors (Lipinski definition) is 3. The van der Waals surface area contributed by atoms with Crippen LogP contribution < -0.4 is 5.32 Å². The lowest BCUT2D eigenvalue weighted by Crippen LogP contribution is -2.14. The standard InChI is InChI=1S/C23H24FNO2S/c1-15-11-12-16(24)13-20(15)25-23(26)22-19(14-28-17-7-3-2-4-8-17)18-9-5-6-10-21(18)27-22/h5-6,9-13,17H,2-4,7-8,14H2,1H3,(H,25,26). The molecule has 0 radical (unpaired) electrons. The summed E-state index contributed by atoms with van der Waals surface area (Å²) in [5.74, 6) is 0.364. The zero-order valence-corrected chi connectivity index (χ0v) is 16.8. The Balaban J connectivity index is 1.61. The van der Waals surface area contributed by atoms with Crippen LogP contribution in [-0.2, 0) is 5.75 Å². The third kappa shape index (κ3) is 4.09. The van der Waals surface area contributed by atoms with E-state index >= 15 is 0 Å². The molecule has 1 aliphatic carbocycles. The van der Waals surface area contributed by atoms with Crippen LogP contribution >= 0.6 is 11.8 Å². The minimum atomic E-state index is -0.376. The van der Waals surface area contributed by atoms with Gasteiger partial charge in [-0.15, -0.1) is 0 Å². The highest BCUT2D eigenvalue weighted by Gasteiger charge is 2.23. The van der Waals surface area contributed by atoms with Crippen LogP contribution in [0.3, 0.4) is 0 Å². The molecule has 0 atom stereocenters. The fourth-order valence-corrected chi connectivity index (χ4v) is 5.12. The van der Waals surface area contributed by atoms with Crippen LogP contribution in [0.2, 0.25) is 0 Å². The quantitative estimate of drug-likeness (QED) is 0.521. The first kappa shape index (κ1) is 19.1. The number of halogens is 1. The van der Waals surface area contributed by atoms with Crippen LogP contribution in [0.5, 0.6) is 0 Å². The first-order valence-electron chi connectivity index (χ1n) is 9.81. The minimum absolute atomic E-state index is 0.327. The second-order valence-electron chi connectivity index (χ2n) is 7.39. The topological polar surface area (TPSA) is 42.2 Å². The summed E-state index contributed by atoms with van der Waals surface area (Å²) in [6.45, 7) is 1.84. The van der Waals surface area contributed by atoms with E-state index in [0.717, 1.165) is 22.3 Å². The highest BCUT2D eigenvalue weighted by molar-refractivity contribution is 7.99. The normalized spacial score (nSPS) is 15.1. The van der Waals surface area contributed by atoms with Crippen LogP contribution in [0.15, 0.2) is 46.9 Å². The molecular weight excluding hydrogens is 373 g/mol. The molecule has 1 fully saturated rings. The number of aryl methyl sites for hydroxylation is 1. The van der Waals surface area contributed by atoms with Crippen LogP contribution in [0.4, 0.5) is 10.1 Å². The van der Waals surface area contributed by atoms with Gasteiger partial charge >= 0.3 is 0 Å². The Labute approximate surface area is 168 Å². The highest BCUT2D eigenvalue weighted by atomic mass is 32.2. The predicted molar refractivity (Wildman–Crippen MR) is 113 cm³/mol. The number of benzene rings is 2.